The number of anilines is 1. The standard InChI is InChI=1S/C22H26N4O3S2/c23-17-18-4-6-20(7-5-18)24-10-2-11-25(15-14-24)22(27)19-8-12-26(13-9-19)31(28,29)21-3-1-16-30-21/h1,3-7,16,19H,2,8-15H2. The number of piperidine rings is 1. The number of carbonyl (C=O) groups excluding carboxylic acids is 1. The van der Waals surface area contributed by atoms with Gasteiger partial charge in [0.1, 0.15) is 4.21 Å². The fourth-order valence-electron chi connectivity index (χ4n) is 4.28. The summed E-state index contributed by atoms with van der Waals surface area (Å²) in [6.45, 7) is 3.78. The van der Waals surface area contributed by atoms with Crippen LogP contribution < -0.4 is 4.90 Å². The molecule has 2 saturated heterocycles. The van der Waals surface area contributed by atoms with Crippen LogP contribution >= 0.6 is 11.3 Å². The number of nitrogens with zero attached hydrogens (tertiary/aromatic N) is 4. The average Bonchev–Trinajstić information content (AvgIpc) is 3.25. The maximum atomic E-state index is 13.1. The minimum Gasteiger partial charge on any atom is -0.370 e. The van der Waals surface area contributed by atoms with Crippen LogP contribution in [0.5, 0.6) is 0 Å². The molecule has 0 spiro atoms. The Morgan fingerprint density at radius 3 is 2.39 bits per heavy atom. The number of nitriles is 1. The van der Waals surface area contributed by atoms with Gasteiger partial charge in [-0.1, -0.05) is 6.07 Å². The van der Waals surface area contributed by atoms with Gasteiger partial charge in [0, 0.05) is 50.9 Å². The molecule has 2 fully saturated rings. The van der Waals surface area contributed by atoms with E-state index in [0.29, 0.717) is 42.2 Å². The first-order valence-electron chi connectivity index (χ1n) is 10.6. The van der Waals surface area contributed by atoms with Crippen LogP contribution in [0.1, 0.15) is 24.8 Å². The topological polar surface area (TPSA) is 84.7 Å². The lowest BCUT2D eigenvalue weighted by molar-refractivity contribution is -0.136. The van der Waals surface area contributed by atoms with Gasteiger partial charge in [0.05, 0.1) is 11.6 Å². The van der Waals surface area contributed by atoms with Crippen molar-refractivity contribution in [3.8, 4) is 6.07 Å². The van der Waals surface area contributed by atoms with E-state index in [9.17, 15) is 13.2 Å². The number of amides is 1. The van der Waals surface area contributed by atoms with Gasteiger partial charge in [-0.15, -0.1) is 11.3 Å². The van der Waals surface area contributed by atoms with Gasteiger partial charge in [0.25, 0.3) is 10.0 Å². The fourth-order valence-corrected chi connectivity index (χ4v) is 6.90. The third kappa shape index (κ3) is 4.76. The lowest BCUT2D eigenvalue weighted by Crippen LogP contribution is -2.45. The highest BCUT2D eigenvalue weighted by Gasteiger charge is 2.34. The van der Waals surface area contributed by atoms with E-state index >= 15 is 0 Å². The molecule has 0 bridgehead atoms. The smallest absolute Gasteiger partial charge is 0.252 e. The normalized spacial score (nSPS) is 19.1. The predicted molar refractivity (Wildman–Crippen MR) is 120 cm³/mol. The number of sulfonamides is 1. The van der Waals surface area contributed by atoms with Crippen LogP contribution in [-0.2, 0) is 14.8 Å². The van der Waals surface area contributed by atoms with E-state index in [4.69, 9.17) is 5.26 Å². The molecule has 0 N–H and O–H groups in total. The average molecular weight is 459 g/mol. The molecule has 1 amide bonds. The number of hydrogen-bond donors (Lipinski definition) is 0. The molecular formula is C22H26N4O3S2. The molecule has 7 nitrogen and oxygen atoms in total. The molecule has 0 aliphatic carbocycles. The number of thiophene rings is 1. The highest BCUT2D eigenvalue weighted by atomic mass is 32.2. The Morgan fingerprint density at radius 2 is 1.74 bits per heavy atom. The molecule has 0 saturated carbocycles. The minimum absolute atomic E-state index is 0.115. The van der Waals surface area contributed by atoms with Crippen LogP contribution in [0.15, 0.2) is 46.0 Å². The van der Waals surface area contributed by atoms with Crippen LogP contribution in [0.2, 0.25) is 0 Å². The molecule has 2 aromatic rings. The summed E-state index contributed by atoms with van der Waals surface area (Å²) in [6, 6.07) is 13.1. The van der Waals surface area contributed by atoms with E-state index in [2.05, 4.69) is 11.0 Å². The van der Waals surface area contributed by atoms with Crippen molar-refractivity contribution in [2.24, 2.45) is 5.92 Å². The van der Waals surface area contributed by atoms with Crippen LogP contribution in [-0.4, -0.2) is 62.8 Å². The lowest BCUT2D eigenvalue weighted by atomic mass is 9.96. The summed E-state index contributed by atoms with van der Waals surface area (Å²) in [5.74, 6) is 0.0334. The second-order valence-electron chi connectivity index (χ2n) is 7.94. The maximum absolute atomic E-state index is 13.1. The minimum atomic E-state index is -3.44. The first-order valence-corrected chi connectivity index (χ1v) is 12.9. The van der Waals surface area contributed by atoms with Crippen molar-refractivity contribution in [3.63, 3.8) is 0 Å². The molecule has 31 heavy (non-hydrogen) atoms. The number of carbonyl (C=O) groups is 1. The highest BCUT2D eigenvalue weighted by molar-refractivity contribution is 7.91. The molecule has 1 aromatic heterocycles. The van der Waals surface area contributed by atoms with Crippen molar-refractivity contribution in [1.82, 2.24) is 9.21 Å². The Labute approximate surface area is 187 Å². The summed E-state index contributed by atoms with van der Waals surface area (Å²) >= 11 is 1.23. The molecule has 0 radical (unpaired) electrons. The second kappa shape index (κ2) is 9.39. The van der Waals surface area contributed by atoms with Crippen LogP contribution in [0.3, 0.4) is 0 Å². The number of rotatable bonds is 4. The summed E-state index contributed by atoms with van der Waals surface area (Å²) in [5.41, 5.74) is 1.71. The van der Waals surface area contributed by atoms with Crippen LogP contribution in [0.25, 0.3) is 0 Å². The van der Waals surface area contributed by atoms with E-state index in [1.54, 1.807) is 17.5 Å². The summed E-state index contributed by atoms with van der Waals surface area (Å²) in [4.78, 5) is 17.3. The molecule has 164 valence electrons. The van der Waals surface area contributed by atoms with Gasteiger partial charge in [0.2, 0.25) is 5.91 Å². The first-order chi connectivity index (χ1) is 15.0. The zero-order valence-electron chi connectivity index (χ0n) is 17.3. The Bertz CT molecular complexity index is 1040. The molecular weight excluding hydrogens is 432 g/mol. The molecule has 3 heterocycles. The monoisotopic (exact) mass is 458 g/mol. The fraction of sp³-hybridized carbons (Fsp3) is 0.455. The molecule has 0 unspecified atom stereocenters. The van der Waals surface area contributed by atoms with Gasteiger partial charge < -0.3 is 9.80 Å². The largest absolute Gasteiger partial charge is 0.370 e. The highest BCUT2D eigenvalue weighted by Crippen LogP contribution is 2.27. The van der Waals surface area contributed by atoms with Crippen molar-refractivity contribution in [3.05, 3.63) is 47.3 Å². The van der Waals surface area contributed by atoms with Crippen molar-refractivity contribution in [1.29, 1.82) is 5.26 Å². The van der Waals surface area contributed by atoms with Gasteiger partial charge in [-0.3, -0.25) is 4.79 Å². The zero-order chi connectivity index (χ0) is 21.8. The van der Waals surface area contributed by atoms with E-state index in [-0.39, 0.29) is 11.8 Å². The zero-order valence-corrected chi connectivity index (χ0v) is 18.9. The first kappa shape index (κ1) is 21.8. The molecule has 1 aromatic carbocycles. The van der Waals surface area contributed by atoms with Gasteiger partial charge >= 0.3 is 0 Å². The van der Waals surface area contributed by atoms with Crippen molar-refractivity contribution >= 4 is 33.0 Å². The number of benzene rings is 1. The quantitative estimate of drug-likeness (QED) is 0.703. The van der Waals surface area contributed by atoms with E-state index < -0.39 is 10.0 Å². The molecule has 2 aliphatic rings. The molecule has 4 rings (SSSR count). The van der Waals surface area contributed by atoms with Crippen molar-refractivity contribution < 1.29 is 13.2 Å². The summed E-state index contributed by atoms with van der Waals surface area (Å²) in [5, 5.41) is 10.7. The second-order valence-corrected chi connectivity index (χ2v) is 11.0. The SMILES string of the molecule is N#Cc1ccc(N2CCCN(C(=O)C3CCN(S(=O)(=O)c4cccs4)CC3)CC2)cc1. The Balaban J connectivity index is 1.32. The third-order valence-electron chi connectivity index (χ3n) is 6.06. The number of hydrogen-bond acceptors (Lipinski definition) is 6. The maximum Gasteiger partial charge on any atom is 0.252 e. The van der Waals surface area contributed by atoms with Crippen molar-refractivity contribution in [2.45, 2.75) is 23.5 Å². The molecule has 9 heteroatoms. The van der Waals surface area contributed by atoms with Crippen LogP contribution in [0.4, 0.5) is 5.69 Å². The summed E-state index contributed by atoms with van der Waals surface area (Å²) < 4.78 is 27.3. The Morgan fingerprint density at radius 1 is 1.00 bits per heavy atom. The van der Waals surface area contributed by atoms with Gasteiger partial charge in [-0.25, -0.2) is 8.42 Å². The van der Waals surface area contributed by atoms with E-state index in [1.807, 2.05) is 29.2 Å². The predicted octanol–water partition coefficient (Wildman–Crippen LogP) is 2.76. The lowest BCUT2D eigenvalue weighted by Gasteiger charge is -2.33. The third-order valence-corrected chi connectivity index (χ3v) is 9.33. The Hall–Kier alpha value is -2.41. The van der Waals surface area contributed by atoms with Gasteiger partial charge in [0.15, 0.2) is 0 Å². The van der Waals surface area contributed by atoms with Gasteiger partial charge in [-0.2, -0.15) is 9.57 Å². The Kier molecular flexibility index (Phi) is 6.60. The van der Waals surface area contributed by atoms with E-state index in [1.165, 1.54) is 15.6 Å². The van der Waals surface area contributed by atoms with Gasteiger partial charge in [-0.05, 0) is 55.0 Å². The van der Waals surface area contributed by atoms with E-state index in [0.717, 1.165) is 31.7 Å². The summed E-state index contributed by atoms with van der Waals surface area (Å²) in [7, 11) is -3.44. The van der Waals surface area contributed by atoms with Crippen molar-refractivity contribution in [2.75, 3.05) is 44.2 Å². The molecule has 2 aliphatic heterocycles. The van der Waals surface area contributed by atoms with Crippen LogP contribution in [0, 0.1) is 17.2 Å². The summed E-state index contributed by atoms with van der Waals surface area (Å²) in [6.07, 6.45) is 2.02. The molecule has 0 atom stereocenters.